The van der Waals surface area contributed by atoms with E-state index in [1.54, 1.807) is 44.4 Å². The number of nitrogens with zero attached hydrogens (tertiary/aromatic N) is 1. The van der Waals surface area contributed by atoms with Gasteiger partial charge in [-0.1, -0.05) is 12.1 Å². The van der Waals surface area contributed by atoms with Gasteiger partial charge in [-0.15, -0.1) is 0 Å². The van der Waals surface area contributed by atoms with Gasteiger partial charge in [-0.2, -0.15) is 0 Å². The lowest BCUT2D eigenvalue weighted by Gasteiger charge is -2.07. The summed E-state index contributed by atoms with van der Waals surface area (Å²) in [4.78, 5) is 16.4. The van der Waals surface area contributed by atoms with E-state index < -0.39 is 11.8 Å². The third-order valence-corrected chi connectivity index (χ3v) is 2.88. The van der Waals surface area contributed by atoms with Gasteiger partial charge in [-0.3, -0.25) is 0 Å². The highest BCUT2D eigenvalue weighted by Crippen LogP contribution is 2.19. The molecule has 0 fully saturated rings. The van der Waals surface area contributed by atoms with E-state index in [0.717, 1.165) is 0 Å². The number of esters is 1. The lowest BCUT2D eigenvalue weighted by molar-refractivity contribution is -0.134. The van der Waals surface area contributed by atoms with Gasteiger partial charge in [-0.05, 0) is 43.3 Å². The molecule has 4 nitrogen and oxygen atoms in total. The van der Waals surface area contributed by atoms with E-state index in [9.17, 15) is 9.18 Å². The second kappa shape index (κ2) is 7.36. The average molecular weight is 301 g/mol. The van der Waals surface area contributed by atoms with Crippen molar-refractivity contribution in [1.82, 2.24) is 0 Å². The van der Waals surface area contributed by atoms with Crippen LogP contribution in [0.1, 0.15) is 12.5 Å². The molecular formula is C17H16FNO3. The zero-order chi connectivity index (χ0) is 15.9. The Bertz CT molecular complexity index is 681. The van der Waals surface area contributed by atoms with Crippen molar-refractivity contribution in [2.45, 2.75) is 6.92 Å². The molecule has 0 unspecified atom stereocenters. The molecule has 0 saturated heterocycles. The molecule has 0 radical (unpaired) electrons. The third kappa shape index (κ3) is 3.91. The van der Waals surface area contributed by atoms with Gasteiger partial charge in [0.2, 0.25) is 0 Å². The van der Waals surface area contributed by atoms with Crippen LogP contribution >= 0.6 is 0 Å². The molecule has 22 heavy (non-hydrogen) atoms. The smallest absolute Gasteiger partial charge is 0.357 e. The molecule has 2 aromatic carbocycles. The molecule has 0 spiro atoms. The Morgan fingerprint density at radius 3 is 2.50 bits per heavy atom. The minimum atomic E-state index is -0.594. The summed E-state index contributed by atoms with van der Waals surface area (Å²) >= 11 is 0. The van der Waals surface area contributed by atoms with E-state index in [2.05, 4.69) is 4.99 Å². The van der Waals surface area contributed by atoms with Crippen LogP contribution in [0.25, 0.3) is 0 Å². The molecule has 0 heterocycles. The van der Waals surface area contributed by atoms with Crippen molar-refractivity contribution in [3.05, 3.63) is 59.9 Å². The van der Waals surface area contributed by atoms with Crippen molar-refractivity contribution in [3.8, 4) is 5.75 Å². The molecule has 0 aliphatic carbocycles. The maximum atomic E-state index is 13.4. The van der Waals surface area contributed by atoms with Crippen LogP contribution in [0, 0.1) is 5.82 Å². The fourth-order valence-corrected chi connectivity index (χ4v) is 1.85. The second-order valence-electron chi connectivity index (χ2n) is 4.39. The number of halogens is 1. The van der Waals surface area contributed by atoms with E-state index in [1.807, 2.05) is 0 Å². The standard InChI is InChI=1S/C17H16FNO3/c1-3-22-17(20)16(12-5-4-6-13(18)11-12)19-14-7-9-15(21-2)10-8-14/h4-11H,3H2,1-2H3. The second-order valence-corrected chi connectivity index (χ2v) is 4.39. The first-order valence-electron chi connectivity index (χ1n) is 6.80. The summed E-state index contributed by atoms with van der Waals surface area (Å²) in [6.07, 6.45) is 0. The monoisotopic (exact) mass is 301 g/mol. The summed E-state index contributed by atoms with van der Waals surface area (Å²) in [5.74, 6) is -0.351. The number of hydrogen-bond acceptors (Lipinski definition) is 4. The Kier molecular flexibility index (Phi) is 5.25. The van der Waals surface area contributed by atoms with Crippen LogP contribution in [0.5, 0.6) is 5.75 Å². The zero-order valence-electron chi connectivity index (χ0n) is 12.4. The summed E-state index contributed by atoms with van der Waals surface area (Å²) in [5, 5.41) is 0. The van der Waals surface area contributed by atoms with Gasteiger partial charge in [0.25, 0.3) is 0 Å². The number of carbonyl (C=O) groups excluding carboxylic acids is 1. The van der Waals surface area contributed by atoms with Crippen molar-refractivity contribution in [2.24, 2.45) is 4.99 Å². The number of methoxy groups -OCH3 is 1. The van der Waals surface area contributed by atoms with Crippen LogP contribution < -0.4 is 4.74 Å². The molecule has 0 aliphatic heterocycles. The minimum absolute atomic E-state index is 0.0616. The fourth-order valence-electron chi connectivity index (χ4n) is 1.85. The molecule has 0 atom stereocenters. The lowest BCUT2D eigenvalue weighted by atomic mass is 10.1. The SMILES string of the molecule is CCOC(=O)C(=Nc1ccc(OC)cc1)c1cccc(F)c1. The van der Waals surface area contributed by atoms with Crippen LogP contribution in [0.4, 0.5) is 10.1 Å². The van der Waals surface area contributed by atoms with E-state index >= 15 is 0 Å². The summed E-state index contributed by atoms with van der Waals surface area (Å²) in [6, 6.07) is 12.6. The summed E-state index contributed by atoms with van der Waals surface area (Å²) in [5.41, 5.74) is 0.980. The summed E-state index contributed by atoms with van der Waals surface area (Å²) in [6.45, 7) is 1.92. The van der Waals surface area contributed by atoms with E-state index in [1.165, 1.54) is 18.2 Å². The van der Waals surface area contributed by atoms with Gasteiger partial charge < -0.3 is 9.47 Å². The minimum Gasteiger partial charge on any atom is -0.497 e. The average Bonchev–Trinajstić information content (AvgIpc) is 2.53. The van der Waals surface area contributed by atoms with Crippen molar-refractivity contribution < 1.29 is 18.7 Å². The predicted molar refractivity (Wildman–Crippen MR) is 82.2 cm³/mol. The van der Waals surface area contributed by atoms with Crippen LogP contribution in [0.2, 0.25) is 0 Å². The van der Waals surface area contributed by atoms with Crippen molar-refractivity contribution in [3.63, 3.8) is 0 Å². The zero-order valence-corrected chi connectivity index (χ0v) is 12.4. The number of ether oxygens (including phenoxy) is 2. The number of benzene rings is 2. The molecule has 0 amide bonds. The van der Waals surface area contributed by atoms with Gasteiger partial charge in [0, 0.05) is 5.56 Å². The highest BCUT2D eigenvalue weighted by Gasteiger charge is 2.16. The molecule has 114 valence electrons. The highest BCUT2D eigenvalue weighted by atomic mass is 19.1. The Labute approximate surface area is 128 Å². The first kappa shape index (κ1) is 15.7. The van der Waals surface area contributed by atoms with Crippen molar-refractivity contribution in [1.29, 1.82) is 0 Å². The Hall–Kier alpha value is -2.69. The van der Waals surface area contributed by atoms with Crippen LogP contribution in [0.15, 0.2) is 53.5 Å². The van der Waals surface area contributed by atoms with Gasteiger partial charge in [0.1, 0.15) is 11.6 Å². The fraction of sp³-hybridized carbons (Fsp3) is 0.176. The maximum Gasteiger partial charge on any atom is 0.357 e. The van der Waals surface area contributed by atoms with Gasteiger partial charge in [-0.25, -0.2) is 14.2 Å². The summed E-state index contributed by atoms with van der Waals surface area (Å²) in [7, 11) is 1.56. The normalized spacial score (nSPS) is 11.1. The number of hydrogen-bond donors (Lipinski definition) is 0. The lowest BCUT2D eigenvalue weighted by Crippen LogP contribution is -2.18. The summed E-state index contributed by atoms with van der Waals surface area (Å²) < 4.78 is 23.5. The molecule has 0 aromatic heterocycles. The molecule has 0 saturated carbocycles. The molecule has 2 aromatic rings. The predicted octanol–water partition coefficient (Wildman–Crippen LogP) is 3.52. The van der Waals surface area contributed by atoms with Crippen LogP contribution in [-0.2, 0) is 9.53 Å². The first-order chi connectivity index (χ1) is 10.6. The van der Waals surface area contributed by atoms with Crippen molar-refractivity contribution >= 4 is 17.4 Å². The highest BCUT2D eigenvalue weighted by molar-refractivity contribution is 6.43. The number of aliphatic imine (C=N–C) groups is 1. The Morgan fingerprint density at radius 2 is 1.91 bits per heavy atom. The largest absolute Gasteiger partial charge is 0.497 e. The Morgan fingerprint density at radius 1 is 1.18 bits per heavy atom. The van der Waals surface area contributed by atoms with Crippen LogP contribution in [-0.4, -0.2) is 25.4 Å². The molecule has 0 aliphatic rings. The molecular weight excluding hydrogens is 285 g/mol. The third-order valence-electron chi connectivity index (χ3n) is 2.88. The quantitative estimate of drug-likeness (QED) is 0.627. The van der Waals surface area contributed by atoms with Gasteiger partial charge in [0.05, 0.1) is 19.4 Å². The molecule has 0 bridgehead atoms. The Balaban J connectivity index is 2.42. The number of rotatable bonds is 5. The number of carbonyl (C=O) groups is 1. The van der Waals surface area contributed by atoms with E-state index in [4.69, 9.17) is 9.47 Å². The van der Waals surface area contributed by atoms with Crippen LogP contribution in [0.3, 0.4) is 0 Å². The molecule has 2 rings (SSSR count). The van der Waals surface area contributed by atoms with Gasteiger partial charge >= 0.3 is 5.97 Å². The van der Waals surface area contributed by atoms with Gasteiger partial charge in [0.15, 0.2) is 5.71 Å². The molecule has 5 heteroatoms. The molecule has 0 N–H and O–H groups in total. The van der Waals surface area contributed by atoms with E-state index in [0.29, 0.717) is 17.0 Å². The first-order valence-corrected chi connectivity index (χ1v) is 6.80. The topological polar surface area (TPSA) is 47.9 Å². The van der Waals surface area contributed by atoms with Crippen molar-refractivity contribution in [2.75, 3.05) is 13.7 Å². The maximum absolute atomic E-state index is 13.4. The van der Waals surface area contributed by atoms with E-state index in [-0.39, 0.29) is 12.3 Å².